The Morgan fingerprint density at radius 1 is 1.43 bits per heavy atom. The van der Waals surface area contributed by atoms with Gasteiger partial charge in [-0.1, -0.05) is 19.8 Å². The first-order chi connectivity index (χ1) is 10.0. The molecule has 0 spiro atoms. The molecule has 0 aromatic carbocycles. The van der Waals surface area contributed by atoms with Gasteiger partial charge >= 0.3 is 5.97 Å². The van der Waals surface area contributed by atoms with Crippen LogP contribution < -0.4 is 5.32 Å². The summed E-state index contributed by atoms with van der Waals surface area (Å²) < 4.78 is 14.5. The van der Waals surface area contributed by atoms with E-state index >= 15 is 0 Å². The van der Waals surface area contributed by atoms with Crippen molar-refractivity contribution in [1.82, 2.24) is 14.7 Å². The average Bonchev–Trinajstić information content (AvgIpc) is 2.85. The second-order valence-corrected chi connectivity index (χ2v) is 4.75. The number of carboxylic acid groups (broad SMARTS) is 1. The zero-order valence-electron chi connectivity index (χ0n) is 11.5. The molecule has 1 unspecified atom stereocenters. The lowest BCUT2D eigenvalue weighted by atomic mass is 10.1. The minimum Gasteiger partial charge on any atom is -0.480 e. The highest BCUT2D eigenvalue weighted by Crippen LogP contribution is 2.08. The van der Waals surface area contributed by atoms with E-state index in [1.54, 1.807) is 0 Å². The Labute approximate surface area is 120 Å². The number of unbranched alkanes of at least 4 members (excludes halogenated alkanes) is 1. The number of hydrogen-bond acceptors (Lipinski definition) is 3. The van der Waals surface area contributed by atoms with Crippen molar-refractivity contribution in [2.75, 3.05) is 0 Å². The summed E-state index contributed by atoms with van der Waals surface area (Å²) in [7, 11) is 0. The lowest BCUT2D eigenvalue weighted by molar-refractivity contribution is -0.139. The summed E-state index contributed by atoms with van der Waals surface area (Å²) in [6.45, 7) is 1.94. The third-order valence-corrected chi connectivity index (χ3v) is 3.10. The SMILES string of the molecule is CCCCC(NC(=O)c1cn2cc(F)ccc2n1)C(=O)O. The molecule has 0 aliphatic heterocycles. The number of fused-ring (bicyclic) bond motifs is 1. The van der Waals surface area contributed by atoms with Crippen molar-refractivity contribution in [3.05, 3.63) is 36.0 Å². The predicted molar refractivity (Wildman–Crippen MR) is 73.6 cm³/mol. The molecular formula is C14H16FN3O3. The molecule has 0 fully saturated rings. The maximum Gasteiger partial charge on any atom is 0.326 e. The summed E-state index contributed by atoms with van der Waals surface area (Å²) in [5.74, 6) is -2.10. The zero-order chi connectivity index (χ0) is 15.4. The van der Waals surface area contributed by atoms with Crippen molar-refractivity contribution in [1.29, 1.82) is 0 Å². The molecule has 21 heavy (non-hydrogen) atoms. The van der Waals surface area contributed by atoms with Gasteiger partial charge in [0.15, 0.2) is 0 Å². The number of nitrogens with zero attached hydrogens (tertiary/aromatic N) is 2. The molecule has 7 heteroatoms. The average molecular weight is 293 g/mol. The fourth-order valence-electron chi connectivity index (χ4n) is 1.97. The molecule has 0 saturated carbocycles. The van der Waals surface area contributed by atoms with Gasteiger partial charge < -0.3 is 14.8 Å². The second kappa shape index (κ2) is 6.34. The first-order valence-corrected chi connectivity index (χ1v) is 6.69. The van der Waals surface area contributed by atoms with Crippen LogP contribution in [-0.2, 0) is 4.79 Å². The number of aliphatic carboxylic acids is 1. The topological polar surface area (TPSA) is 83.7 Å². The van der Waals surface area contributed by atoms with Gasteiger partial charge in [0.05, 0.1) is 0 Å². The lowest BCUT2D eigenvalue weighted by Crippen LogP contribution is -2.40. The van der Waals surface area contributed by atoms with Crippen LogP contribution in [0.15, 0.2) is 24.5 Å². The first kappa shape index (κ1) is 15.0. The number of nitrogens with one attached hydrogen (secondary N) is 1. The van der Waals surface area contributed by atoms with Gasteiger partial charge in [-0.2, -0.15) is 0 Å². The molecule has 0 aliphatic carbocycles. The van der Waals surface area contributed by atoms with Crippen LogP contribution in [0.2, 0.25) is 0 Å². The van der Waals surface area contributed by atoms with E-state index in [4.69, 9.17) is 5.11 Å². The van der Waals surface area contributed by atoms with E-state index in [2.05, 4.69) is 10.3 Å². The van der Waals surface area contributed by atoms with Crippen molar-refractivity contribution >= 4 is 17.5 Å². The molecule has 2 rings (SSSR count). The largest absolute Gasteiger partial charge is 0.480 e. The van der Waals surface area contributed by atoms with Crippen molar-refractivity contribution in [3.63, 3.8) is 0 Å². The van der Waals surface area contributed by atoms with Crippen LogP contribution in [0.3, 0.4) is 0 Å². The predicted octanol–water partition coefficient (Wildman–Crippen LogP) is 1.85. The summed E-state index contributed by atoms with van der Waals surface area (Å²) in [6.07, 6.45) is 4.47. The maximum absolute atomic E-state index is 13.1. The highest BCUT2D eigenvalue weighted by Gasteiger charge is 2.21. The number of carbonyl (C=O) groups is 2. The van der Waals surface area contributed by atoms with Gasteiger partial charge in [-0.3, -0.25) is 4.79 Å². The molecule has 1 amide bonds. The number of aromatic nitrogens is 2. The van der Waals surface area contributed by atoms with Crippen LogP contribution in [-0.4, -0.2) is 32.4 Å². The van der Waals surface area contributed by atoms with E-state index < -0.39 is 23.7 Å². The zero-order valence-corrected chi connectivity index (χ0v) is 11.5. The summed E-state index contributed by atoms with van der Waals surface area (Å²) in [5.41, 5.74) is 0.477. The van der Waals surface area contributed by atoms with Crippen LogP contribution >= 0.6 is 0 Å². The standard InChI is InChI=1S/C14H16FN3O3/c1-2-3-4-10(14(20)21)17-13(19)11-8-18-7-9(15)5-6-12(18)16-11/h5-8,10H,2-4H2,1H3,(H,17,19)(H,20,21). The molecule has 1 atom stereocenters. The smallest absolute Gasteiger partial charge is 0.326 e. The van der Waals surface area contributed by atoms with Crippen LogP contribution in [0.1, 0.15) is 36.7 Å². The highest BCUT2D eigenvalue weighted by atomic mass is 19.1. The number of hydrogen-bond donors (Lipinski definition) is 2. The molecule has 0 saturated heterocycles. The Morgan fingerprint density at radius 2 is 2.19 bits per heavy atom. The molecule has 112 valence electrons. The Morgan fingerprint density at radius 3 is 2.86 bits per heavy atom. The number of pyridine rings is 1. The Balaban J connectivity index is 2.15. The van der Waals surface area contributed by atoms with Crippen molar-refractivity contribution in [2.24, 2.45) is 0 Å². The molecule has 0 aliphatic rings. The number of amides is 1. The quantitative estimate of drug-likeness (QED) is 0.851. The van der Waals surface area contributed by atoms with E-state index in [1.807, 2.05) is 6.92 Å². The molecule has 2 heterocycles. The fourth-order valence-corrected chi connectivity index (χ4v) is 1.97. The third-order valence-electron chi connectivity index (χ3n) is 3.10. The Bertz CT molecular complexity index is 669. The number of carbonyl (C=O) groups excluding carboxylic acids is 1. The van der Waals surface area contributed by atoms with Gasteiger partial charge in [0, 0.05) is 12.4 Å². The van der Waals surface area contributed by atoms with Gasteiger partial charge in [0.2, 0.25) is 0 Å². The van der Waals surface area contributed by atoms with Gasteiger partial charge in [-0.25, -0.2) is 14.2 Å². The molecule has 2 aromatic heterocycles. The van der Waals surface area contributed by atoms with Crippen LogP contribution in [0.4, 0.5) is 4.39 Å². The summed E-state index contributed by atoms with van der Waals surface area (Å²) >= 11 is 0. The monoisotopic (exact) mass is 293 g/mol. The van der Waals surface area contributed by atoms with Gasteiger partial charge in [-0.05, 0) is 18.6 Å². The second-order valence-electron chi connectivity index (χ2n) is 4.75. The van der Waals surface area contributed by atoms with E-state index in [1.165, 1.54) is 28.9 Å². The Hall–Kier alpha value is -2.44. The normalized spacial score (nSPS) is 12.3. The van der Waals surface area contributed by atoms with Gasteiger partial charge in [0.1, 0.15) is 23.2 Å². The lowest BCUT2D eigenvalue weighted by Gasteiger charge is -2.12. The first-order valence-electron chi connectivity index (χ1n) is 6.69. The summed E-state index contributed by atoms with van der Waals surface area (Å²) in [4.78, 5) is 27.2. The molecule has 0 radical (unpaired) electrons. The van der Waals surface area contributed by atoms with Gasteiger partial charge in [0.25, 0.3) is 5.91 Å². The third kappa shape index (κ3) is 3.56. The van der Waals surface area contributed by atoms with Crippen molar-refractivity contribution in [3.8, 4) is 0 Å². The van der Waals surface area contributed by atoms with Gasteiger partial charge in [-0.15, -0.1) is 0 Å². The minimum absolute atomic E-state index is 0.0587. The summed E-state index contributed by atoms with van der Waals surface area (Å²) in [6, 6.07) is 1.74. The van der Waals surface area contributed by atoms with Crippen LogP contribution in [0.5, 0.6) is 0 Å². The molecule has 0 bridgehead atoms. The van der Waals surface area contributed by atoms with Crippen LogP contribution in [0.25, 0.3) is 5.65 Å². The minimum atomic E-state index is -1.08. The van der Waals surface area contributed by atoms with Crippen LogP contribution in [0, 0.1) is 5.82 Å². The van der Waals surface area contributed by atoms with Crippen molar-refractivity contribution in [2.45, 2.75) is 32.2 Å². The maximum atomic E-state index is 13.1. The molecule has 2 N–H and O–H groups in total. The number of halogens is 1. The fraction of sp³-hybridized carbons (Fsp3) is 0.357. The van der Waals surface area contributed by atoms with E-state index in [0.717, 1.165) is 6.42 Å². The highest BCUT2D eigenvalue weighted by molar-refractivity contribution is 5.95. The van der Waals surface area contributed by atoms with E-state index in [-0.39, 0.29) is 5.69 Å². The molecule has 2 aromatic rings. The number of rotatable bonds is 6. The Kier molecular flexibility index (Phi) is 4.52. The molecular weight excluding hydrogens is 277 g/mol. The summed E-state index contributed by atoms with van der Waals surface area (Å²) in [5, 5.41) is 11.5. The number of imidazole rings is 1. The van der Waals surface area contributed by atoms with Crippen molar-refractivity contribution < 1.29 is 19.1 Å². The number of carboxylic acids is 1. The molecule has 6 nitrogen and oxygen atoms in total. The van der Waals surface area contributed by atoms with E-state index in [0.29, 0.717) is 18.5 Å². The van der Waals surface area contributed by atoms with E-state index in [9.17, 15) is 14.0 Å².